The molecule has 26 heavy (non-hydrogen) atoms. The van der Waals surface area contributed by atoms with Crippen molar-refractivity contribution in [2.45, 2.75) is 19.9 Å². The Balaban J connectivity index is 1.46. The van der Waals surface area contributed by atoms with E-state index in [1.54, 1.807) is 24.5 Å². The molecule has 2 aromatic heterocycles. The van der Waals surface area contributed by atoms with Crippen molar-refractivity contribution in [1.29, 1.82) is 0 Å². The smallest absolute Gasteiger partial charge is 0.253 e. The van der Waals surface area contributed by atoms with Gasteiger partial charge in [-0.15, -0.1) is 0 Å². The van der Waals surface area contributed by atoms with Gasteiger partial charge in [-0.25, -0.2) is 4.98 Å². The number of carbonyl (C=O) groups is 1. The first-order valence-corrected chi connectivity index (χ1v) is 8.65. The molecule has 1 aliphatic carbocycles. The Morgan fingerprint density at radius 2 is 2.12 bits per heavy atom. The van der Waals surface area contributed by atoms with Crippen LogP contribution in [0.5, 0.6) is 0 Å². The Labute approximate surface area is 151 Å². The summed E-state index contributed by atoms with van der Waals surface area (Å²) in [5, 5.41) is 3.81. The van der Waals surface area contributed by atoms with E-state index in [0.717, 1.165) is 28.3 Å². The van der Waals surface area contributed by atoms with Crippen LogP contribution < -0.4 is 16.1 Å². The topological polar surface area (TPSA) is 68.0 Å². The highest BCUT2D eigenvalue weighted by Gasteiger charge is 2.10. The molecule has 5 nitrogen and oxygen atoms in total. The summed E-state index contributed by atoms with van der Waals surface area (Å²) in [5.74, 6) is 0.972. The minimum atomic E-state index is -0.136. The lowest BCUT2D eigenvalue weighted by Crippen LogP contribution is -2.26. The normalized spacial score (nSPS) is 15.5. The maximum absolute atomic E-state index is 12.1. The third kappa shape index (κ3) is 3.42. The van der Waals surface area contributed by atoms with Gasteiger partial charge in [-0.1, -0.05) is 25.1 Å². The molecule has 130 valence electrons. The summed E-state index contributed by atoms with van der Waals surface area (Å²) in [6.45, 7) is 2.62. The van der Waals surface area contributed by atoms with E-state index in [4.69, 9.17) is 4.42 Å². The molecule has 1 atom stereocenters. The van der Waals surface area contributed by atoms with Gasteiger partial charge in [-0.2, -0.15) is 0 Å². The summed E-state index contributed by atoms with van der Waals surface area (Å²) in [6, 6.07) is 11.4. The first-order valence-electron chi connectivity index (χ1n) is 8.65. The van der Waals surface area contributed by atoms with Crippen molar-refractivity contribution >= 4 is 18.1 Å². The van der Waals surface area contributed by atoms with Crippen LogP contribution >= 0.6 is 0 Å². The maximum Gasteiger partial charge on any atom is 0.253 e. The van der Waals surface area contributed by atoms with E-state index in [1.807, 2.05) is 24.3 Å². The molecule has 3 aromatic rings. The van der Waals surface area contributed by atoms with Crippen LogP contribution in [0.25, 0.3) is 23.6 Å². The molecule has 0 bridgehead atoms. The minimum absolute atomic E-state index is 0.136. The molecule has 1 unspecified atom stereocenters. The number of aromatic nitrogens is 2. The second kappa shape index (κ2) is 6.96. The van der Waals surface area contributed by atoms with Crippen molar-refractivity contribution in [3.8, 4) is 11.5 Å². The lowest BCUT2D eigenvalue weighted by Gasteiger charge is -2.05. The van der Waals surface area contributed by atoms with Gasteiger partial charge in [0.2, 0.25) is 5.89 Å². The number of nitrogens with zero attached hydrogens (tertiary/aromatic N) is 2. The van der Waals surface area contributed by atoms with E-state index >= 15 is 0 Å². The summed E-state index contributed by atoms with van der Waals surface area (Å²) in [7, 11) is 0. The Kier molecular flexibility index (Phi) is 4.35. The Hall–Kier alpha value is -3.21. The predicted molar refractivity (Wildman–Crippen MR) is 99.3 cm³/mol. The number of hydrogen-bond donors (Lipinski definition) is 1. The van der Waals surface area contributed by atoms with E-state index in [0.29, 0.717) is 23.9 Å². The van der Waals surface area contributed by atoms with Gasteiger partial charge in [0.1, 0.15) is 5.35 Å². The van der Waals surface area contributed by atoms with E-state index in [1.165, 1.54) is 0 Å². The highest BCUT2D eigenvalue weighted by molar-refractivity contribution is 5.93. The second-order valence-corrected chi connectivity index (χ2v) is 6.47. The van der Waals surface area contributed by atoms with Gasteiger partial charge in [0, 0.05) is 24.5 Å². The number of carbonyl (C=O) groups excluding carboxylic acids is 1. The molecule has 1 aromatic carbocycles. The fraction of sp³-hybridized carbons (Fsp3) is 0.190. The zero-order chi connectivity index (χ0) is 17.9. The molecule has 0 aliphatic heterocycles. The molecule has 0 radical (unpaired) electrons. The van der Waals surface area contributed by atoms with Crippen molar-refractivity contribution in [2.24, 2.45) is 5.92 Å². The molecule has 2 heterocycles. The fourth-order valence-electron chi connectivity index (χ4n) is 2.90. The van der Waals surface area contributed by atoms with Gasteiger partial charge < -0.3 is 9.73 Å². The minimum Gasteiger partial charge on any atom is -0.436 e. The van der Waals surface area contributed by atoms with Gasteiger partial charge in [-0.05, 0) is 48.2 Å². The molecular formula is C21H19N3O2. The molecule has 1 aliphatic rings. The molecule has 0 fully saturated rings. The van der Waals surface area contributed by atoms with Gasteiger partial charge in [0.25, 0.3) is 5.91 Å². The summed E-state index contributed by atoms with van der Waals surface area (Å²) in [4.78, 5) is 20.6. The fourth-order valence-corrected chi connectivity index (χ4v) is 2.90. The Bertz CT molecular complexity index is 1040. The van der Waals surface area contributed by atoms with Crippen molar-refractivity contribution in [3.63, 3.8) is 0 Å². The largest absolute Gasteiger partial charge is 0.436 e. The van der Waals surface area contributed by atoms with Gasteiger partial charge >= 0.3 is 0 Å². The standard InChI is InChI=1S/C21H19N3O2/c1-14-4-9-18-19(11-14)26-21(24-18)16-7-5-15(6-8-16)12-23-20(25)17-3-2-10-22-13-17/h2-3,5-11,13-14H,4,12H2,1H3,(H,23,25). The second-order valence-electron chi connectivity index (χ2n) is 6.47. The summed E-state index contributed by atoms with van der Waals surface area (Å²) in [5.41, 5.74) is 3.34. The van der Waals surface area contributed by atoms with Crippen molar-refractivity contribution < 1.29 is 9.21 Å². The molecule has 0 saturated carbocycles. The summed E-state index contributed by atoms with van der Waals surface area (Å²) >= 11 is 0. The van der Waals surface area contributed by atoms with E-state index in [2.05, 4.69) is 34.4 Å². The lowest BCUT2D eigenvalue weighted by atomic mass is 10.0. The maximum atomic E-state index is 12.1. The number of fused-ring (bicyclic) bond motifs is 1. The Morgan fingerprint density at radius 3 is 2.88 bits per heavy atom. The number of oxazole rings is 1. The van der Waals surface area contributed by atoms with E-state index in [9.17, 15) is 4.79 Å². The number of nitrogens with one attached hydrogen (secondary N) is 1. The number of rotatable bonds is 4. The highest BCUT2D eigenvalue weighted by atomic mass is 16.3. The van der Waals surface area contributed by atoms with Crippen molar-refractivity contribution in [3.05, 3.63) is 70.7 Å². The molecule has 0 spiro atoms. The van der Waals surface area contributed by atoms with Crippen LogP contribution in [0.3, 0.4) is 0 Å². The zero-order valence-corrected chi connectivity index (χ0v) is 14.5. The molecule has 1 amide bonds. The quantitative estimate of drug-likeness (QED) is 0.788. The van der Waals surface area contributed by atoms with Crippen LogP contribution in [0.4, 0.5) is 0 Å². The van der Waals surface area contributed by atoms with Gasteiger partial charge in [-0.3, -0.25) is 9.78 Å². The van der Waals surface area contributed by atoms with Crippen LogP contribution in [0.2, 0.25) is 0 Å². The van der Waals surface area contributed by atoms with Crippen LogP contribution in [-0.2, 0) is 6.54 Å². The first kappa shape index (κ1) is 16.3. The zero-order valence-electron chi connectivity index (χ0n) is 14.5. The van der Waals surface area contributed by atoms with Gasteiger partial charge in [0.05, 0.1) is 5.56 Å². The predicted octanol–water partition coefficient (Wildman–Crippen LogP) is 2.27. The molecule has 5 heteroatoms. The number of amides is 1. The summed E-state index contributed by atoms with van der Waals surface area (Å²) < 4.78 is 5.88. The van der Waals surface area contributed by atoms with Crippen LogP contribution in [-0.4, -0.2) is 15.9 Å². The molecular weight excluding hydrogens is 326 g/mol. The highest BCUT2D eigenvalue weighted by Crippen LogP contribution is 2.16. The third-order valence-corrected chi connectivity index (χ3v) is 4.38. The van der Waals surface area contributed by atoms with Crippen molar-refractivity contribution in [1.82, 2.24) is 15.3 Å². The lowest BCUT2D eigenvalue weighted by molar-refractivity contribution is 0.0950. The first-order chi connectivity index (χ1) is 12.7. The SMILES string of the molecule is CC1C=c2oc(-c3ccc(CNC(=O)c4cccnc4)cc3)nc2=CC1. The Morgan fingerprint density at radius 1 is 1.27 bits per heavy atom. The number of pyridine rings is 1. The van der Waals surface area contributed by atoms with Crippen LogP contribution in [0.1, 0.15) is 29.3 Å². The average Bonchev–Trinajstić information content (AvgIpc) is 3.10. The van der Waals surface area contributed by atoms with Crippen molar-refractivity contribution in [2.75, 3.05) is 0 Å². The van der Waals surface area contributed by atoms with Crippen LogP contribution in [0.15, 0.2) is 53.2 Å². The summed E-state index contributed by atoms with van der Waals surface area (Å²) in [6.07, 6.45) is 8.43. The van der Waals surface area contributed by atoms with E-state index in [-0.39, 0.29) is 5.91 Å². The molecule has 1 N–H and O–H groups in total. The third-order valence-electron chi connectivity index (χ3n) is 4.38. The number of hydrogen-bond acceptors (Lipinski definition) is 4. The molecule has 4 rings (SSSR count). The monoisotopic (exact) mass is 345 g/mol. The number of benzene rings is 1. The van der Waals surface area contributed by atoms with Gasteiger partial charge in [0.15, 0.2) is 5.42 Å². The van der Waals surface area contributed by atoms with E-state index < -0.39 is 0 Å². The van der Waals surface area contributed by atoms with Crippen LogP contribution in [0, 0.1) is 5.92 Å². The average molecular weight is 345 g/mol. The molecule has 0 saturated heterocycles.